The fourth-order valence-corrected chi connectivity index (χ4v) is 0.125. The number of nitrogens with one attached hydrogen (secondary N) is 2. The molecular formula is C3H9N2Se. The van der Waals surface area contributed by atoms with Gasteiger partial charge >= 0.3 is 45.0 Å². The van der Waals surface area contributed by atoms with Gasteiger partial charge in [-0.25, -0.2) is 0 Å². The first-order valence-corrected chi connectivity index (χ1v) is 2.66. The molecule has 0 aliphatic carbocycles. The first-order valence-electron chi connectivity index (χ1n) is 1.72. The third-order valence-electron chi connectivity index (χ3n) is 0.474. The molecule has 0 saturated carbocycles. The van der Waals surface area contributed by atoms with Crippen LogP contribution in [0.5, 0.6) is 0 Å². The Labute approximate surface area is 45.7 Å². The minimum absolute atomic E-state index is 1.03. The van der Waals surface area contributed by atoms with Crippen LogP contribution >= 0.6 is 0 Å². The zero-order chi connectivity index (χ0) is 4.99. The normalized spacial score (nSPS) is 8.33. The molecule has 0 atom stereocenters. The SMILES string of the molecule is CNC(=[SeH])NC. The van der Waals surface area contributed by atoms with Gasteiger partial charge in [0.2, 0.25) is 0 Å². The van der Waals surface area contributed by atoms with Gasteiger partial charge in [0.25, 0.3) is 0 Å². The van der Waals surface area contributed by atoms with Crippen molar-refractivity contribution in [1.29, 1.82) is 0 Å². The molecule has 0 unspecified atom stereocenters. The van der Waals surface area contributed by atoms with Gasteiger partial charge < -0.3 is 0 Å². The fraction of sp³-hybridized carbons (Fsp3) is 0.667. The summed E-state index contributed by atoms with van der Waals surface area (Å²) in [5.41, 5.74) is 0. The molecule has 2 nitrogen and oxygen atoms in total. The van der Waals surface area contributed by atoms with E-state index in [9.17, 15) is 0 Å². The van der Waals surface area contributed by atoms with Crippen molar-refractivity contribution in [3.8, 4) is 0 Å². The molecule has 3 heteroatoms. The summed E-state index contributed by atoms with van der Waals surface area (Å²) >= 11 is 2.37. The van der Waals surface area contributed by atoms with Crippen LogP contribution in [0.15, 0.2) is 0 Å². The van der Waals surface area contributed by atoms with Gasteiger partial charge in [-0.1, -0.05) is 0 Å². The van der Waals surface area contributed by atoms with Crippen molar-refractivity contribution >= 4 is 20.2 Å². The van der Waals surface area contributed by atoms with Crippen LogP contribution in [0, 0.1) is 0 Å². The zero-order valence-electron chi connectivity index (χ0n) is 3.95. The van der Waals surface area contributed by atoms with Crippen molar-refractivity contribution in [2.75, 3.05) is 14.1 Å². The van der Waals surface area contributed by atoms with Gasteiger partial charge in [0.15, 0.2) is 0 Å². The molecule has 1 radical (unpaired) electrons. The van der Waals surface area contributed by atoms with E-state index >= 15 is 0 Å². The standard InChI is InChI=1S/C3H9N2Se/c1-4-3(6)5-2/h4-6H,1-2H3. The average Bonchev–Trinajstić information content (AvgIpc) is 1.65. The molecule has 0 saturated heterocycles. The maximum atomic E-state index is 2.89. The maximum absolute atomic E-state index is 2.89. The Hall–Kier alpha value is 0.309. The van der Waals surface area contributed by atoms with Crippen LogP contribution in [0.3, 0.4) is 0 Å². The van der Waals surface area contributed by atoms with Crippen LogP contribution in [0.25, 0.3) is 0 Å². The van der Waals surface area contributed by atoms with Gasteiger partial charge in [-0.2, -0.15) is 0 Å². The van der Waals surface area contributed by atoms with Crippen LogP contribution in [0.4, 0.5) is 0 Å². The van der Waals surface area contributed by atoms with E-state index in [-0.39, 0.29) is 0 Å². The Bertz CT molecular complexity index is 46.8. The Morgan fingerprint density at radius 3 is 1.67 bits per heavy atom. The molecule has 0 heterocycles. The Kier molecular flexibility index (Phi) is 3.68. The van der Waals surface area contributed by atoms with E-state index in [1.54, 1.807) is 0 Å². The van der Waals surface area contributed by atoms with E-state index in [0.29, 0.717) is 0 Å². The monoisotopic (exact) mass is 153 g/mol. The second-order valence-corrected chi connectivity index (χ2v) is 1.79. The summed E-state index contributed by atoms with van der Waals surface area (Å²) in [6, 6.07) is 0. The third kappa shape index (κ3) is 2.54. The van der Waals surface area contributed by atoms with Gasteiger partial charge in [0, 0.05) is 0 Å². The molecule has 0 aliphatic rings. The second-order valence-electron chi connectivity index (χ2n) is 0.849. The van der Waals surface area contributed by atoms with E-state index in [2.05, 4.69) is 26.2 Å². The summed E-state index contributed by atoms with van der Waals surface area (Å²) in [5, 5.41) is 5.78. The van der Waals surface area contributed by atoms with Crippen LogP contribution < -0.4 is 10.6 Å². The summed E-state index contributed by atoms with van der Waals surface area (Å²) in [5.74, 6) is 0. The van der Waals surface area contributed by atoms with Crippen molar-refractivity contribution in [3.05, 3.63) is 0 Å². The van der Waals surface area contributed by atoms with E-state index in [4.69, 9.17) is 0 Å². The van der Waals surface area contributed by atoms with Gasteiger partial charge in [0.1, 0.15) is 0 Å². The molecule has 0 rings (SSSR count). The summed E-state index contributed by atoms with van der Waals surface area (Å²) in [6.45, 7) is 0. The quantitative estimate of drug-likeness (QED) is 0.466. The molecule has 0 aromatic heterocycles. The predicted molar refractivity (Wildman–Crippen MR) is 30.3 cm³/mol. The molecule has 0 bridgehead atoms. The Morgan fingerprint density at radius 1 is 1.33 bits per heavy atom. The first kappa shape index (κ1) is 6.31. The predicted octanol–water partition coefficient (Wildman–Crippen LogP) is -1.59. The molecule has 37 valence electrons. The van der Waals surface area contributed by atoms with Crippen molar-refractivity contribution in [2.24, 2.45) is 0 Å². The van der Waals surface area contributed by atoms with Gasteiger partial charge in [0.05, 0.1) is 0 Å². The van der Waals surface area contributed by atoms with Gasteiger partial charge in [-0.05, 0) is 0 Å². The third-order valence-corrected chi connectivity index (χ3v) is 1.41. The number of hydrogen-bond acceptors (Lipinski definition) is 2. The van der Waals surface area contributed by atoms with Crippen molar-refractivity contribution in [1.82, 2.24) is 10.6 Å². The average molecular weight is 152 g/mol. The Balaban J connectivity index is 2.99. The zero-order valence-corrected chi connectivity index (χ0v) is 5.82. The summed E-state index contributed by atoms with van der Waals surface area (Å²) in [6.07, 6.45) is 0. The Morgan fingerprint density at radius 2 is 1.67 bits per heavy atom. The number of rotatable bonds is 2. The first-order chi connectivity index (χ1) is 2.81. The number of hydrogen-bond donors (Lipinski definition) is 2. The molecule has 6 heavy (non-hydrogen) atoms. The second kappa shape index (κ2) is 3.50. The topological polar surface area (TPSA) is 24.1 Å². The molecule has 0 spiro atoms. The summed E-state index contributed by atoms with van der Waals surface area (Å²) < 4.78 is 1.03. The fourth-order valence-electron chi connectivity index (χ4n) is 0.125. The van der Waals surface area contributed by atoms with Crippen molar-refractivity contribution in [2.45, 2.75) is 0 Å². The summed E-state index contributed by atoms with van der Waals surface area (Å²) in [4.78, 5) is 0. The molecule has 0 aromatic carbocycles. The molecule has 0 aromatic rings. The molecule has 0 aliphatic heterocycles. The summed E-state index contributed by atoms with van der Waals surface area (Å²) in [7, 11) is 3.73. The van der Waals surface area contributed by atoms with E-state index < -0.39 is 0 Å². The molecule has 0 amide bonds. The van der Waals surface area contributed by atoms with Crippen LogP contribution in [0.1, 0.15) is 0 Å². The molecule has 2 N–H and O–H groups in total. The van der Waals surface area contributed by atoms with E-state index in [1.165, 1.54) is 0 Å². The van der Waals surface area contributed by atoms with Crippen LogP contribution in [-0.4, -0.2) is 34.3 Å². The van der Waals surface area contributed by atoms with Gasteiger partial charge in [-0.3, -0.25) is 0 Å². The van der Waals surface area contributed by atoms with E-state index in [1.807, 2.05) is 14.1 Å². The van der Waals surface area contributed by atoms with Crippen LogP contribution in [0.2, 0.25) is 0 Å². The van der Waals surface area contributed by atoms with E-state index in [0.717, 1.165) is 4.67 Å². The van der Waals surface area contributed by atoms with Crippen LogP contribution in [-0.2, 0) is 0 Å². The van der Waals surface area contributed by atoms with Crippen molar-refractivity contribution < 1.29 is 0 Å². The minimum atomic E-state index is 1.03. The van der Waals surface area contributed by atoms with Crippen molar-refractivity contribution in [3.63, 3.8) is 0 Å². The van der Waals surface area contributed by atoms with Gasteiger partial charge in [-0.15, -0.1) is 0 Å². The molecular weight excluding hydrogens is 143 g/mol. The molecule has 0 fully saturated rings.